The molecule has 0 bridgehead atoms. The number of phenols is 1. The van der Waals surface area contributed by atoms with Gasteiger partial charge >= 0.3 is 58.4 Å². The van der Waals surface area contributed by atoms with Crippen molar-refractivity contribution in [3.63, 3.8) is 0 Å². The van der Waals surface area contributed by atoms with Gasteiger partial charge in [0.15, 0.2) is 0 Å². The Morgan fingerprint density at radius 3 is 2.47 bits per heavy atom. The molecule has 0 atom stereocenters. The Morgan fingerprint density at radius 1 is 1.24 bits per heavy atom. The van der Waals surface area contributed by atoms with Gasteiger partial charge in [-0.05, 0) is 12.1 Å². The summed E-state index contributed by atoms with van der Waals surface area (Å²) in [6, 6.07) is 5.73. The number of halogens is 3. The van der Waals surface area contributed by atoms with Crippen LogP contribution in [0.5, 0.6) is 5.75 Å². The first-order valence-electron chi connectivity index (χ1n) is 4.38. The molecule has 2 rings (SSSR count). The minimum Gasteiger partial charge on any atom is -0.508 e. The summed E-state index contributed by atoms with van der Waals surface area (Å²) in [7, 11) is 0. The average Bonchev–Trinajstić information content (AvgIpc) is 2.65. The first-order chi connectivity index (χ1) is 7.47. The third kappa shape index (κ3) is 3.55. The van der Waals surface area contributed by atoms with Crippen LogP contribution in [0, 0.1) is 0 Å². The second-order valence-corrected chi connectivity index (χ2v) is 3.18. The Bertz CT molecular complexity index is 517. The molecule has 0 unspecified atom stereocenters. The van der Waals surface area contributed by atoms with E-state index in [1.54, 1.807) is 0 Å². The van der Waals surface area contributed by atoms with Crippen LogP contribution in [-0.2, 0) is 0 Å². The summed E-state index contributed by atoms with van der Waals surface area (Å²) in [4.78, 5) is 0. The molecule has 1 heterocycles. The van der Waals surface area contributed by atoms with E-state index in [9.17, 15) is 12.9 Å². The molecule has 1 aromatic heterocycles. The van der Waals surface area contributed by atoms with E-state index in [1.807, 2.05) is 0 Å². The van der Waals surface area contributed by atoms with E-state index >= 15 is 0 Å². The SMILES string of the molecule is Oc1cccc(-n2cc([B-](F)(F)F)nn2)c1.[K+]. The summed E-state index contributed by atoms with van der Waals surface area (Å²) in [6.07, 6.45) is 0.786. The van der Waals surface area contributed by atoms with Crippen LogP contribution < -0.4 is 57.0 Å². The van der Waals surface area contributed by atoms with Crippen LogP contribution in [0.4, 0.5) is 12.9 Å². The minimum atomic E-state index is -5.15. The summed E-state index contributed by atoms with van der Waals surface area (Å²) in [6.45, 7) is -5.15. The largest absolute Gasteiger partial charge is 1.00 e. The molecule has 17 heavy (non-hydrogen) atoms. The molecule has 0 aliphatic heterocycles. The van der Waals surface area contributed by atoms with Crippen LogP contribution >= 0.6 is 0 Å². The van der Waals surface area contributed by atoms with E-state index in [2.05, 4.69) is 10.3 Å². The van der Waals surface area contributed by atoms with Crippen molar-refractivity contribution in [1.29, 1.82) is 0 Å². The Labute approximate surface area is 137 Å². The van der Waals surface area contributed by atoms with Gasteiger partial charge in [0.25, 0.3) is 0 Å². The minimum absolute atomic E-state index is 0. The third-order valence-electron chi connectivity index (χ3n) is 1.94. The zero-order valence-electron chi connectivity index (χ0n) is 8.89. The molecule has 9 heteroatoms. The summed E-state index contributed by atoms with van der Waals surface area (Å²) < 4.78 is 37.8. The molecular formula is C8H6BF3KN3O. The number of nitrogens with zero attached hydrogens (tertiary/aromatic N) is 3. The third-order valence-corrected chi connectivity index (χ3v) is 1.94. The van der Waals surface area contributed by atoms with Crippen LogP contribution in [0.3, 0.4) is 0 Å². The second-order valence-electron chi connectivity index (χ2n) is 3.18. The van der Waals surface area contributed by atoms with Gasteiger partial charge in [-0.15, -0.1) is 0 Å². The van der Waals surface area contributed by atoms with Crippen LogP contribution in [0.15, 0.2) is 30.5 Å². The molecular weight excluding hydrogens is 261 g/mol. The number of aromatic nitrogens is 3. The molecule has 2 aromatic rings. The molecule has 0 spiro atoms. The van der Waals surface area contributed by atoms with Gasteiger partial charge in [-0.3, -0.25) is 0 Å². The predicted molar refractivity (Wildman–Crippen MR) is 51.7 cm³/mol. The number of phenolic OH excluding ortho intramolecular Hbond substituents is 1. The summed E-state index contributed by atoms with van der Waals surface area (Å²) in [5, 5.41) is 15.5. The fraction of sp³-hybridized carbons (Fsp3) is 0. The van der Waals surface area contributed by atoms with Crippen molar-refractivity contribution in [1.82, 2.24) is 15.0 Å². The van der Waals surface area contributed by atoms with Crippen molar-refractivity contribution in [3.8, 4) is 11.4 Å². The normalized spacial score (nSPS) is 11.0. The molecule has 0 amide bonds. The van der Waals surface area contributed by atoms with Gasteiger partial charge in [0.05, 0.1) is 5.69 Å². The zero-order chi connectivity index (χ0) is 11.8. The van der Waals surface area contributed by atoms with Crippen LogP contribution in [0.2, 0.25) is 0 Å². The second kappa shape index (κ2) is 5.53. The molecule has 1 aromatic carbocycles. The fourth-order valence-electron chi connectivity index (χ4n) is 1.19. The van der Waals surface area contributed by atoms with Crippen molar-refractivity contribution < 1.29 is 69.4 Å². The molecule has 0 aliphatic rings. The van der Waals surface area contributed by atoms with Gasteiger partial charge in [-0.1, -0.05) is 11.3 Å². The van der Waals surface area contributed by atoms with Crippen molar-refractivity contribution in [2.75, 3.05) is 0 Å². The topological polar surface area (TPSA) is 50.9 Å². The Kier molecular flexibility index (Phi) is 4.78. The maximum absolute atomic E-state index is 12.3. The van der Waals surface area contributed by atoms with Gasteiger partial charge in [0.1, 0.15) is 5.75 Å². The monoisotopic (exact) mass is 267 g/mol. The molecule has 0 fully saturated rings. The quantitative estimate of drug-likeness (QED) is 0.642. The predicted octanol–water partition coefficient (Wildman–Crippen LogP) is -1.97. The maximum atomic E-state index is 12.3. The zero-order valence-corrected chi connectivity index (χ0v) is 12.0. The maximum Gasteiger partial charge on any atom is 1.00 e. The van der Waals surface area contributed by atoms with Crippen molar-refractivity contribution in [2.45, 2.75) is 0 Å². The molecule has 0 saturated heterocycles. The van der Waals surface area contributed by atoms with Crippen molar-refractivity contribution in [2.24, 2.45) is 0 Å². The van der Waals surface area contributed by atoms with Gasteiger partial charge in [-0.25, -0.2) is 4.68 Å². The van der Waals surface area contributed by atoms with Gasteiger partial charge in [0.2, 0.25) is 0 Å². The number of hydrogen-bond donors (Lipinski definition) is 1. The first kappa shape index (κ1) is 14.7. The average molecular weight is 267 g/mol. The van der Waals surface area contributed by atoms with Crippen LogP contribution in [0.1, 0.15) is 0 Å². The van der Waals surface area contributed by atoms with E-state index in [0.29, 0.717) is 5.69 Å². The first-order valence-corrected chi connectivity index (χ1v) is 4.38. The molecule has 0 saturated carbocycles. The van der Waals surface area contributed by atoms with Crippen molar-refractivity contribution >= 4 is 12.6 Å². The standard InChI is InChI=1S/C8H6BF3N3O.K/c10-9(11,12)8-5-15(14-13-8)6-2-1-3-7(16)4-6;/h1-5,16H;/q-1;+1. The van der Waals surface area contributed by atoms with Crippen molar-refractivity contribution in [3.05, 3.63) is 30.5 Å². The Hall–Kier alpha value is -0.349. The van der Waals surface area contributed by atoms with E-state index in [0.717, 1.165) is 10.9 Å². The van der Waals surface area contributed by atoms with Gasteiger partial charge in [-0.2, -0.15) is 5.10 Å². The molecule has 0 aliphatic carbocycles. The van der Waals surface area contributed by atoms with E-state index < -0.39 is 12.6 Å². The van der Waals surface area contributed by atoms with E-state index in [4.69, 9.17) is 5.11 Å². The molecule has 4 nitrogen and oxygen atoms in total. The van der Waals surface area contributed by atoms with E-state index in [-0.39, 0.29) is 57.1 Å². The molecule has 84 valence electrons. The molecule has 1 N–H and O–H groups in total. The number of rotatable bonds is 2. The van der Waals surface area contributed by atoms with E-state index in [1.165, 1.54) is 24.3 Å². The smallest absolute Gasteiger partial charge is 0.508 e. The summed E-state index contributed by atoms with van der Waals surface area (Å²) >= 11 is 0. The summed E-state index contributed by atoms with van der Waals surface area (Å²) in [5.74, 6) is -0.0490. The van der Waals surface area contributed by atoms with Gasteiger partial charge < -0.3 is 18.1 Å². The van der Waals surface area contributed by atoms with Crippen LogP contribution in [0.25, 0.3) is 5.69 Å². The number of aromatic hydroxyl groups is 1. The Morgan fingerprint density at radius 2 is 1.94 bits per heavy atom. The van der Waals surface area contributed by atoms with Gasteiger partial charge in [0, 0.05) is 17.9 Å². The number of hydrogen-bond acceptors (Lipinski definition) is 3. The Balaban J connectivity index is 0.00000144. The molecule has 0 radical (unpaired) electrons. The van der Waals surface area contributed by atoms with Crippen LogP contribution in [-0.4, -0.2) is 27.1 Å². The number of benzene rings is 1. The summed E-state index contributed by atoms with van der Waals surface area (Å²) in [5.41, 5.74) is -0.692. The fourth-order valence-corrected chi connectivity index (χ4v) is 1.19.